The predicted octanol–water partition coefficient (Wildman–Crippen LogP) is 4.09. The Bertz CT molecular complexity index is 775. The lowest BCUT2D eigenvalue weighted by atomic mass is 9.99. The molecule has 4 rings (SSSR count). The number of nitrogens with zero attached hydrogens (tertiary/aromatic N) is 1. The summed E-state index contributed by atoms with van der Waals surface area (Å²) in [6.45, 7) is 3.10. The topological polar surface area (TPSA) is 50.8 Å². The van der Waals surface area contributed by atoms with Crippen molar-refractivity contribution in [2.75, 3.05) is 18.7 Å². The molecule has 2 amide bonds. The molecule has 0 aromatic heterocycles. The molecule has 1 saturated heterocycles. The second-order valence-electron chi connectivity index (χ2n) is 6.21. The minimum Gasteiger partial charge on any atom is -0.454 e. The monoisotopic (exact) mass is 324 g/mol. The number of aryl methyl sites for hydroxylation is 1. The number of hydrogen-bond acceptors (Lipinski definition) is 3. The number of fused-ring (bicyclic) bond motifs is 1. The van der Waals surface area contributed by atoms with E-state index in [-0.39, 0.29) is 18.9 Å². The molecule has 1 unspecified atom stereocenters. The van der Waals surface area contributed by atoms with Gasteiger partial charge in [0.1, 0.15) is 0 Å². The fourth-order valence-electron chi connectivity index (χ4n) is 3.46. The average Bonchev–Trinajstić information content (AvgIpc) is 3.24. The summed E-state index contributed by atoms with van der Waals surface area (Å²) in [4.78, 5) is 14.7. The molecule has 0 saturated carbocycles. The summed E-state index contributed by atoms with van der Waals surface area (Å²) in [5.74, 6) is 1.39. The van der Waals surface area contributed by atoms with E-state index in [2.05, 4.69) is 24.4 Å². The van der Waals surface area contributed by atoms with Crippen molar-refractivity contribution in [3.8, 4) is 11.5 Å². The van der Waals surface area contributed by atoms with Crippen LogP contribution in [0.1, 0.15) is 30.0 Å². The number of rotatable bonds is 2. The van der Waals surface area contributed by atoms with Crippen LogP contribution in [0.25, 0.3) is 0 Å². The van der Waals surface area contributed by atoms with Gasteiger partial charge in [-0.3, -0.25) is 0 Å². The van der Waals surface area contributed by atoms with E-state index in [1.54, 1.807) is 6.07 Å². The van der Waals surface area contributed by atoms with E-state index >= 15 is 0 Å². The van der Waals surface area contributed by atoms with Crippen LogP contribution in [-0.4, -0.2) is 24.3 Å². The van der Waals surface area contributed by atoms with Crippen molar-refractivity contribution in [3.05, 3.63) is 53.6 Å². The van der Waals surface area contributed by atoms with Crippen LogP contribution in [0.15, 0.2) is 42.5 Å². The first-order valence-corrected chi connectivity index (χ1v) is 8.25. The second kappa shape index (κ2) is 6.07. The maximum Gasteiger partial charge on any atom is 0.322 e. The van der Waals surface area contributed by atoms with Gasteiger partial charge in [0.05, 0.1) is 6.04 Å². The van der Waals surface area contributed by atoms with Gasteiger partial charge in [-0.2, -0.15) is 0 Å². The van der Waals surface area contributed by atoms with Crippen LogP contribution in [0.3, 0.4) is 0 Å². The van der Waals surface area contributed by atoms with Crippen LogP contribution in [-0.2, 0) is 0 Å². The summed E-state index contributed by atoms with van der Waals surface area (Å²) in [6.07, 6.45) is 2.02. The molecule has 0 spiro atoms. The van der Waals surface area contributed by atoms with Gasteiger partial charge in [-0.25, -0.2) is 4.79 Å². The normalized spacial score (nSPS) is 18.7. The van der Waals surface area contributed by atoms with E-state index in [0.717, 1.165) is 25.1 Å². The Labute approximate surface area is 141 Å². The maximum atomic E-state index is 12.8. The van der Waals surface area contributed by atoms with Gasteiger partial charge >= 0.3 is 6.03 Å². The Morgan fingerprint density at radius 3 is 2.88 bits per heavy atom. The molecule has 2 heterocycles. The largest absolute Gasteiger partial charge is 0.454 e. The number of hydrogen-bond donors (Lipinski definition) is 1. The van der Waals surface area contributed by atoms with Crippen molar-refractivity contribution in [2.45, 2.75) is 25.8 Å². The van der Waals surface area contributed by atoms with E-state index in [1.807, 2.05) is 29.2 Å². The number of amides is 2. The van der Waals surface area contributed by atoms with Gasteiger partial charge in [-0.15, -0.1) is 0 Å². The first kappa shape index (κ1) is 14.9. The minimum absolute atomic E-state index is 0.0698. The Morgan fingerprint density at radius 1 is 1.17 bits per heavy atom. The highest BCUT2D eigenvalue weighted by molar-refractivity contribution is 5.90. The first-order valence-electron chi connectivity index (χ1n) is 8.25. The lowest BCUT2D eigenvalue weighted by Crippen LogP contribution is -2.34. The summed E-state index contributed by atoms with van der Waals surface area (Å²) in [7, 11) is 0. The number of urea groups is 1. The Hall–Kier alpha value is -2.69. The Balaban J connectivity index is 1.52. The molecule has 2 aromatic rings. The van der Waals surface area contributed by atoms with Gasteiger partial charge < -0.3 is 19.7 Å². The number of ether oxygens (including phenoxy) is 2. The zero-order valence-corrected chi connectivity index (χ0v) is 13.6. The molecular weight excluding hydrogens is 304 g/mol. The van der Waals surface area contributed by atoms with E-state index in [0.29, 0.717) is 11.5 Å². The van der Waals surface area contributed by atoms with E-state index in [9.17, 15) is 4.79 Å². The highest BCUT2D eigenvalue weighted by Crippen LogP contribution is 2.36. The smallest absolute Gasteiger partial charge is 0.322 e. The molecule has 1 atom stereocenters. The number of carbonyl (C=O) groups excluding carboxylic acids is 1. The third-order valence-corrected chi connectivity index (χ3v) is 4.68. The molecule has 0 radical (unpaired) electrons. The van der Waals surface area contributed by atoms with E-state index in [4.69, 9.17) is 9.47 Å². The third-order valence-electron chi connectivity index (χ3n) is 4.68. The zero-order valence-electron chi connectivity index (χ0n) is 13.6. The van der Waals surface area contributed by atoms with Crippen LogP contribution in [0, 0.1) is 6.92 Å². The molecule has 5 heteroatoms. The van der Waals surface area contributed by atoms with Gasteiger partial charge in [-0.05, 0) is 43.0 Å². The maximum absolute atomic E-state index is 12.8. The molecule has 5 nitrogen and oxygen atoms in total. The van der Waals surface area contributed by atoms with Gasteiger partial charge in [0.25, 0.3) is 0 Å². The number of benzene rings is 2. The van der Waals surface area contributed by atoms with Crippen LogP contribution < -0.4 is 14.8 Å². The van der Waals surface area contributed by atoms with Crippen molar-refractivity contribution in [1.29, 1.82) is 0 Å². The molecule has 2 aliphatic heterocycles. The standard InChI is InChI=1S/C19H20N2O3/c1-13-5-2-3-6-15(13)16-7-4-10-21(16)19(22)20-14-8-9-17-18(11-14)24-12-23-17/h2-3,5-6,8-9,11,16H,4,7,10,12H2,1H3,(H,20,22). The summed E-state index contributed by atoms with van der Waals surface area (Å²) in [6, 6.07) is 13.8. The second-order valence-corrected chi connectivity index (χ2v) is 6.21. The van der Waals surface area contributed by atoms with Crippen LogP contribution in [0.5, 0.6) is 11.5 Å². The average molecular weight is 324 g/mol. The number of likely N-dealkylation sites (tertiary alicyclic amines) is 1. The van der Waals surface area contributed by atoms with Gasteiger partial charge in [-0.1, -0.05) is 24.3 Å². The molecule has 2 aliphatic rings. The van der Waals surface area contributed by atoms with Gasteiger partial charge in [0.2, 0.25) is 6.79 Å². The molecule has 1 fully saturated rings. The summed E-state index contributed by atoms with van der Waals surface area (Å²) in [5.41, 5.74) is 3.18. The lowest BCUT2D eigenvalue weighted by Gasteiger charge is -2.26. The lowest BCUT2D eigenvalue weighted by molar-refractivity contribution is 0.174. The van der Waals surface area contributed by atoms with Crippen molar-refractivity contribution in [3.63, 3.8) is 0 Å². The number of nitrogens with one attached hydrogen (secondary N) is 1. The Morgan fingerprint density at radius 2 is 2.00 bits per heavy atom. The van der Waals surface area contributed by atoms with E-state index < -0.39 is 0 Å². The minimum atomic E-state index is -0.0698. The van der Waals surface area contributed by atoms with Gasteiger partial charge in [0, 0.05) is 18.3 Å². The first-order chi connectivity index (χ1) is 11.7. The van der Waals surface area contributed by atoms with Crippen molar-refractivity contribution in [1.82, 2.24) is 4.90 Å². The summed E-state index contributed by atoms with van der Waals surface area (Å²) >= 11 is 0. The number of carbonyl (C=O) groups is 1. The van der Waals surface area contributed by atoms with E-state index in [1.165, 1.54) is 11.1 Å². The molecule has 24 heavy (non-hydrogen) atoms. The molecular formula is C19H20N2O3. The predicted molar refractivity (Wildman–Crippen MR) is 91.4 cm³/mol. The Kier molecular flexibility index (Phi) is 3.76. The van der Waals surface area contributed by atoms with Crippen molar-refractivity contribution >= 4 is 11.7 Å². The fraction of sp³-hybridized carbons (Fsp3) is 0.316. The van der Waals surface area contributed by atoms with Gasteiger partial charge in [0.15, 0.2) is 11.5 Å². The van der Waals surface area contributed by atoms with Crippen molar-refractivity contribution in [2.24, 2.45) is 0 Å². The highest BCUT2D eigenvalue weighted by atomic mass is 16.7. The third kappa shape index (κ3) is 2.66. The van der Waals surface area contributed by atoms with Crippen LogP contribution in [0.2, 0.25) is 0 Å². The molecule has 0 aliphatic carbocycles. The van der Waals surface area contributed by atoms with Crippen LogP contribution >= 0.6 is 0 Å². The molecule has 124 valence electrons. The van der Waals surface area contributed by atoms with Crippen molar-refractivity contribution < 1.29 is 14.3 Å². The fourth-order valence-corrected chi connectivity index (χ4v) is 3.46. The molecule has 1 N–H and O–H groups in total. The molecule has 0 bridgehead atoms. The molecule has 2 aromatic carbocycles. The quantitative estimate of drug-likeness (QED) is 0.905. The summed E-state index contributed by atoms with van der Waals surface area (Å²) < 4.78 is 10.7. The number of anilines is 1. The highest BCUT2D eigenvalue weighted by Gasteiger charge is 2.31. The SMILES string of the molecule is Cc1ccccc1C1CCCN1C(=O)Nc1ccc2c(c1)OCO2. The summed E-state index contributed by atoms with van der Waals surface area (Å²) in [5, 5.41) is 2.98. The van der Waals surface area contributed by atoms with Crippen LogP contribution in [0.4, 0.5) is 10.5 Å². The zero-order chi connectivity index (χ0) is 16.5.